The van der Waals surface area contributed by atoms with E-state index in [2.05, 4.69) is 15.0 Å². The Hall–Kier alpha value is -2.28. The van der Waals surface area contributed by atoms with Crippen molar-refractivity contribution in [3.63, 3.8) is 0 Å². The second-order valence-electron chi connectivity index (χ2n) is 4.22. The number of methoxy groups -OCH3 is 1. The second kappa shape index (κ2) is 5.01. The van der Waals surface area contributed by atoms with Gasteiger partial charge in [-0.05, 0) is 29.9 Å². The summed E-state index contributed by atoms with van der Waals surface area (Å²) in [6.45, 7) is 0.499. The Morgan fingerprint density at radius 3 is 2.75 bits per heavy atom. The molecular weight excluding hydrogens is 279 g/mol. The van der Waals surface area contributed by atoms with E-state index in [4.69, 9.17) is 17.0 Å². The van der Waals surface area contributed by atoms with Crippen molar-refractivity contribution in [2.24, 2.45) is 0 Å². The topological polar surface area (TPSA) is 55.7 Å². The molecule has 0 radical (unpaired) electrons. The van der Waals surface area contributed by atoms with Crippen LogP contribution in [0.25, 0.3) is 11.2 Å². The quantitative estimate of drug-likeness (QED) is 0.754. The zero-order valence-electron chi connectivity index (χ0n) is 10.6. The summed E-state index contributed by atoms with van der Waals surface area (Å²) in [6.07, 6.45) is 1.42. The van der Waals surface area contributed by atoms with Crippen LogP contribution in [-0.2, 0) is 6.54 Å². The number of hydrogen-bond acceptors (Lipinski definition) is 4. The molecule has 0 bridgehead atoms. The number of aromatic amines is 1. The molecule has 5 nitrogen and oxygen atoms in total. The van der Waals surface area contributed by atoms with Crippen LogP contribution < -0.4 is 4.74 Å². The number of imidazole rings is 1. The maximum Gasteiger partial charge on any atom is 0.242 e. The van der Waals surface area contributed by atoms with Gasteiger partial charge in [-0.3, -0.25) is 4.57 Å². The molecule has 102 valence electrons. The van der Waals surface area contributed by atoms with E-state index in [9.17, 15) is 4.39 Å². The van der Waals surface area contributed by atoms with Gasteiger partial charge in [-0.15, -0.1) is 0 Å². The van der Waals surface area contributed by atoms with Gasteiger partial charge >= 0.3 is 0 Å². The zero-order chi connectivity index (χ0) is 14.1. The van der Waals surface area contributed by atoms with E-state index < -0.39 is 0 Å². The summed E-state index contributed by atoms with van der Waals surface area (Å²) in [7, 11) is 1.54. The van der Waals surface area contributed by atoms with Gasteiger partial charge in [0.1, 0.15) is 17.7 Å². The highest BCUT2D eigenvalue weighted by Gasteiger charge is 2.11. The Balaban J connectivity index is 2.10. The number of nitrogens with one attached hydrogen (secondary N) is 1. The number of aromatic nitrogens is 4. The fraction of sp³-hybridized carbons (Fsp3) is 0.154. The monoisotopic (exact) mass is 290 g/mol. The minimum absolute atomic E-state index is 0.264. The molecular formula is C13H11FN4OS. The summed E-state index contributed by atoms with van der Waals surface area (Å²) in [5.74, 6) is 0.180. The number of hydrogen-bond donors (Lipinski definition) is 1. The van der Waals surface area contributed by atoms with Crippen LogP contribution in [-0.4, -0.2) is 26.6 Å². The molecule has 2 heterocycles. The zero-order valence-corrected chi connectivity index (χ0v) is 11.4. The van der Waals surface area contributed by atoms with Crippen molar-refractivity contribution in [3.8, 4) is 5.88 Å². The number of nitrogens with zero attached hydrogens (tertiary/aromatic N) is 3. The molecule has 1 N–H and O–H groups in total. The molecule has 0 amide bonds. The molecule has 2 aromatic heterocycles. The number of benzene rings is 1. The Morgan fingerprint density at radius 1 is 1.30 bits per heavy atom. The summed E-state index contributed by atoms with van der Waals surface area (Å²) in [6, 6.07) is 6.27. The van der Waals surface area contributed by atoms with Crippen molar-refractivity contribution in [2.75, 3.05) is 7.11 Å². The van der Waals surface area contributed by atoms with Crippen LogP contribution in [0.15, 0.2) is 30.6 Å². The molecule has 0 fully saturated rings. The fourth-order valence-electron chi connectivity index (χ4n) is 2.02. The van der Waals surface area contributed by atoms with Crippen molar-refractivity contribution in [3.05, 3.63) is 46.7 Å². The maximum absolute atomic E-state index is 12.9. The normalized spacial score (nSPS) is 10.9. The summed E-state index contributed by atoms with van der Waals surface area (Å²) in [5.41, 5.74) is 2.24. The average molecular weight is 290 g/mol. The molecule has 7 heteroatoms. The first-order chi connectivity index (χ1) is 9.69. The summed E-state index contributed by atoms with van der Waals surface area (Å²) in [4.78, 5) is 11.3. The van der Waals surface area contributed by atoms with E-state index >= 15 is 0 Å². The third kappa shape index (κ3) is 2.16. The largest absolute Gasteiger partial charge is 0.479 e. The van der Waals surface area contributed by atoms with Crippen LogP contribution >= 0.6 is 12.2 Å². The average Bonchev–Trinajstić information content (AvgIpc) is 2.77. The van der Waals surface area contributed by atoms with Crippen molar-refractivity contribution in [2.45, 2.75) is 6.54 Å². The van der Waals surface area contributed by atoms with Crippen molar-refractivity contribution in [1.82, 2.24) is 19.5 Å². The Bertz CT molecular complexity index is 809. The van der Waals surface area contributed by atoms with Crippen molar-refractivity contribution in [1.29, 1.82) is 0 Å². The first-order valence-corrected chi connectivity index (χ1v) is 6.32. The molecule has 0 atom stereocenters. The summed E-state index contributed by atoms with van der Waals surface area (Å²) >= 11 is 5.30. The third-order valence-corrected chi connectivity index (χ3v) is 3.29. The molecule has 0 saturated carbocycles. The minimum atomic E-state index is -0.264. The van der Waals surface area contributed by atoms with Crippen LogP contribution in [0.5, 0.6) is 5.88 Å². The maximum atomic E-state index is 12.9. The highest BCUT2D eigenvalue weighted by Crippen LogP contribution is 2.20. The standard InChI is InChI=1S/C13H11FN4OS/c1-19-12-10-11(15-7-16-12)18(13(20)17-10)6-8-2-4-9(14)5-3-8/h2-5,7H,6H2,1H3,(H,17,20). The third-order valence-electron chi connectivity index (χ3n) is 2.97. The van der Waals surface area contributed by atoms with E-state index in [1.54, 1.807) is 12.1 Å². The lowest BCUT2D eigenvalue weighted by atomic mass is 10.2. The van der Waals surface area contributed by atoms with Gasteiger partial charge in [-0.25, -0.2) is 9.37 Å². The van der Waals surface area contributed by atoms with Crippen molar-refractivity contribution >= 4 is 23.4 Å². The molecule has 20 heavy (non-hydrogen) atoms. The van der Waals surface area contributed by atoms with Crippen LogP contribution in [0.3, 0.4) is 0 Å². The number of ether oxygens (including phenoxy) is 1. The van der Waals surface area contributed by atoms with Gasteiger partial charge < -0.3 is 9.72 Å². The SMILES string of the molecule is COc1ncnc2c1[nH]c(=S)n2Cc1ccc(F)cc1. The lowest BCUT2D eigenvalue weighted by Crippen LogP contribution is -2.01. The molecule has 3 aromatic rings. The number of fused-ring (bicyclic) bond motifs is 1. The molecule has 0 aliphatic carbocycles. The molecule has 0 aliphatic rings. The van der Waals surface area contributed by atoms with Crippen LogP contribution in [0.1, 0.15) is 5.56 Å². The molecule has 0 saturated heterocycles. The Kier molecular flexibility index (Phi) is 3.19. The number of rotatable bonds is 3. The van der Waals surface area contributed by atoms with E-state index in [0.29, 0.717) is 28.4 Å². The van der Waals surface area contributed by atoms with Crippen LogP contribution in [0.4, 0.5) is 4.39 Å². The highest BCUT2D eigenvalue weighted by atomic mass is 32.1. The first kappa shape index (κ1) is 12.7. The Morgan fingerprint density at radius 2 is 2.05 bits per heavy atom. The van der Waals surface area contributed by atoms with Gasteiger partial charge in [0.2, 0.25) is 5.88 Å². The predicted octanol–water partition coefficient (Wildman–Crippen LogP) is 2.68. The number of halogens is 1. The van der Waals surface area contributed by atoms with E-state index in [-0.39, 0.29) is 5.82 Å². The Labute approximate surface area is 119 Å². The lowest BCUT2D eigenvalue weighted by Gasteiger charge is -2.04. The van der Waals surface area contributed by atoms with Crippen molar-refractivity contribution < 1.29 is 9.13 Å². The smallest absolute Gasteiger partial charge is 0.242 e. The number of H-pyrrole nitrogens is 1. The lowest BCUT2D eigenvalue weighted by molar-refractivity contribution is 0.401. The fourth-order valence-corrected chi connectivity index (χ4v) is 2.27. The second-order valence-corrected chi connectivity index (χ2v) is 4.61. The highest BCUT2D eigenvalue weighted by molar-refractivity contribution is 7.71. The summed E-state index contributed by atoms with van der Waals surface area (Å²) < 4.78 is 20.4. The minimum Gasteiger partial charge on any atom is -0.479 e. The molecule has 0 unspecified atom stereocenters. The van der Waals surface area contributed by atoms with E-state index in [1.165, 1.54) is 25.6 Å². The van der Waals surface area contributed by atoms with Gasteiger partial charge in [0, 0.05) is 0 Å². The molecule has 3 rings (SSSR count). The molecule has 1 aromatic carbocycles. The van der Waals surface area contributed by atoms with Gasteiger partial charge in [0.25, 0.3) is 0 Å². The molecule has 0 aliphatic heterocycles. The van der Waals surface area contributed by atoms with Crippen LogP contribution in [0.2, 0.25) is 0 Å². The van der Waals surface area contributed by atoms with Gasteiger partial charge in [-0.2, -0.15) is 4.98 Å². The van der Waals surface area contributed by atoms with E-state index in [1.807, 2.05) is 4.57 Å². The van der Waals surface area contributed by atoms with Gasteiger partial charge in [-0.1, -0.05) is 12.1 Å². The predicted molar refractivity (Wildman–Crippen MR) is 74.8 cm³/mol. The molecule has 0 spiro atoms. The van der Waals surface area contributed by atoms with E-state index in [0.717, 1.165) is 5.56 Å². The van der Waals surface area contributed by atoms with Gasteiger partial charge in [0.05, 0.1) is 13.7 Å². The van der Waals surface area contributed by atoms with Crippen LogP contribution in [0, 0.1) is 10.6 Å². The van der Waals surface area contributed by atoms with Gasteiger partial charge in [0.15, 0.2) is 10.4 Å². The summed E-state index contributed by atoms with van der Waals surface area (Å²) in [5, 5.41) is 0. The first-order valence-electron chi connectivity index (χ1n) is 5.91.